The van der Waals surface area contributed by atoms with Crippen molar-refractivity contribution in [2.24, 2.45) is 0 Å². The molecule has 2 atom stereocenters. The van der Waals surface area contributed by atoms with Gasteiger partial charge in [-0.3, -0.25) is 9.80 Å². The van der Waals surface area contributed by atoms with Crippen LogP contribution in [0.1, 0.15) is 41.5 Å². The van der Waals surface area contributed by atoms with Crippen LogP contribution in [0.2, 0.25) is 0 Å². The molecule has 4 nitrogen and oxygen atoms in total. The third-order valence-electron chi connectivity index (χ3n) is 4.07. The first kappa shape index (κ1) is 18.8. The Labute approximate surface area is 136 Å². The van der Waals surface area contributed by atoms with Crippen molar-refractivity contribution in [3.05, 3.63) is 24.3 Å². The molecule has 1 aromatic rings. The summed E-state index contributed by atoms with van der Waals surface area (Å²) in [5, 5.41) is 0. The average molecular weight is 308 g/mol. The Morgan fingerprint density at radius 2 is 1.14 bits per heavy atom. The minimum atomic E-state index is 0.0606. The van der Waals surface area contributed by atoms with Gasteiger partial charge < -0.3 is 9.47 Å². The predicted molar refractivity (Wildman–Crippen MR) is 92.5 cm³/mol. The summed E-state index contributed by atoms with van der Waals surface area (Å²) in [6, 6.07) is 7.92. The topological polar surface area (TPSA) is 24.9 Å². The molecule has 22 heavy (non-hydrogen) atoms. The van der Waals surface area contributed by atoms with Gasteiger partial charge in [0, 0.05) is 6.07 Å². The zero-order chi connectivity index (χ0) is 16.5. The molecule has 0 heterocycles. The quantitative estimate of drug-likeness (QED) is 0.614. The highest BCUT2D eigenvalue weighted by Crippen LogP contribution is 2.22. The van der Waals surface area contributed by atoms with Crippen LogP contribution in [-0.4, -0.2) is 48.4 Å². The first-order chi connectivity index (χ1) is 10.5. The zero-order valence-corrected chi connectivity index (χ0v) is 15.0. The number of hydrogen-bond donors (Lipinski definition) is 0. The standard InChI is InChI=1S/C18H32N2O2/c1-7-19(8-2)15(5)21-17-12-11-13-18(14-17)22-16(6)20(9-3)10-4/h11-16H,7-10H2,1-6H3. The summed E-state index contributed by atoms with van der Waals surface area (Å²) in [5.74, 6) is 1.70. The molecule has 0 fully saturated rings. The van der Waals surface area contributed by atoms with Crippen LogP contribution in [0.5, 0.6) is 11.5 Å². The van der Waals surface area contributed by atoms with Crippen molar-refractivity contribution in [3.8, 4) is 11.5 Å². The molecule has 126 valence electrons. The molecule has 0 aliphatic carbocycles. The lowest BCUT2D eigenvalue weighted by atomic mass is 10.3. The smallest absolute Gasteiger partial charge is 0.149 e. The van der Waals surface area contributed by atoms with Gasteiger partial charge in [0.05, 0.1) is 0 Å². The van der Waals surface area contributed by atoms with Crippen molar-refractivity contribution in [3.63, 3.8) is 0 Å². The summed E-state index contributed by atoms with van der Waals surface area (Å²) >= 11 is 0. The molecule has 1 aromatic carbocycles. The largest absolute Gasteiger partial charge is 0.475 e. The second-order valence-corrected chi connectivity index (χ2v) is 5.35. The summed E-state index contributed by atoms with van der Waals surface area (Å²) in [6.45, 7) is 16.7. The fourth-order valence-corrected chi connectivity index (χ4v) is 2.64. The van der Waals surface area contributed by atoms with Crippen LogP contribution in [0.15, 0.2) is 24.3 Å². The summed E-state index contributed by atoms with van der Waals surface area (Å²) < 4.78 is 12.1. The average Bonchev–Trinajstić information content (AvgIpc) is 2.50. The van der Waals surface area contributed by atoms with E-state index in [0.29, 0.717) is 0 Å². The molecule has 0 saturated heterocycles. The van der Waals surface area contributed by atoms with Crippen LogP contribution >= 0.6 is 0 Å². The predicted octanol–water partition coefficient (Wildman–Crippen LogP) is 3.82. The van der Waals surface area contributed by atoms with E-state index in [4.69, 9.17) is 9.47 Å². The van der Waals surface area contributed by atoms with Crippen molar-refractivity contribution in [2.75, 3.05) is 26.2 Å². The van der Waals surface area contributed by atoms with Crippen LogP contribution in [-0.2, 0) is 0 Å². The van der Waals surface area contributed by atoms with E-state index in [2.05, 4.69) is 51.3 Å². The van der Waals surface area contributed by atoms with E-state index in [0.717, 1.165) is 37.7 Å². The third kappa shape index (κ3) is 5.50. The van der Waals surface area contributed by atoms with Gasteiger partial charge in [0.15, 0.2) is 0 Å². The molecular weight excluding hydrogens is 276 g/mol. The van der Waals surface area contributed by atoms with Gasteiger partial charge >= 0.3 is 0 Å². The fourth-order valence-electron chi connectivity index (χ4n) is 2.64. The van der Waals surface area contributed by atoms with Crippen LogP contribution < -0.4 is 9.47 Å². The molecule has 0 aromatic heterocycles. The second kappa shape index (κ2) is 9.70. The Morgan fingerprint density at radius 3 is 1.45 bits per heavy atom. The molecule has 0 N–H and O–H groups in total. The van der Waals surface area contributed by atoms with Crippen molar-refractivity contribution in [2.45, 2.75) is 54.0 Å². The normalized spacial score (nSPS) is 14.2. The molecule has 0 aliphatic rings. The maximum Gasteiger partial charge on any atom is 0.149 e. The van der Waals surface area contributed by atoms with Crippen LogP contribution in [0.3, 0.4) is 0 Å². The SMILES string of the molecule is CCN(CC)C(C)Oc1cccc(OC(C)N(CC)CC)c1. The molecule has 4 heteroatoms. The second-order valence-electron chi connectivity index (χ2n) is 5.35. The third-order valence-corrected chi connectivity index (χ3v) is 4.07. The number of benzene rings is 1. The fraction of sp³-hybridized carbons (Fsp3) is 0.667. The number of rotatable bonds is 10. The van der Waals surface area contributed by atoms with E-state index >= 15 is 0 Å². The van der Waals surface area contributed by atoms with Crippen LogP contribution in [0.4, 0.5) is 0 Å². The maximum absolute atomic E-state index is 6.03. The van der Waals surface area contributed by atoms with Crippen molar-refractivity contribution in [1.29, 1.82) is 0 Å². The minimum Gasteiger partial charge on any atom is -0.475 e. The Bertz CT molecular complexity index is 382. The van der Waals surface area contributed by atoms with Crippen LogP contribution in [0, 0.1) is 0 Å². The Morgan fingerprint density at radius 1 is 0.773 bits per heavy atom. The van der Waals surface area contributed by atoms with Crippen molar-refractivity contribution >= 4 is 0 Å². The van der Waals surface area contributed by atoms with Gasteiger partial charge in [-0.2, -0.15) is 0 Å². The highest BCUT2D eigenvalue weighted by atomic mass is 16.5. The highest BCUT2D eigenvalue weighted by Gasteiger charge is 2.14. The summed E-state index contributed by atoms with van der Waals surface area (Å²) in [5.41, 5.74) is 0. The first-order valence-corrected chi connectivity index (χ1v) is 8.47. The molecule has 0 saturated carbocycles. The summed E-state index contributed by atoms with van der Waals surface area (Å²) in [7, 11) is 0. The lowest BCUT2D eigenvalue weighted by Gasteiger charge is -2.28. The zero-order valence-electron chi connectivity index (χ0n) is 15.0. The molecule has 2 unspecified atom stereocenters. The molecule has 0 bridgehead atoms. The summed E-state index contributed by atoms with van der Waals surface area (Å²) in [4.78, 5) is 4.54. The molecular formula is C18H32N2O2. The van der Waals surface area contributed by atoms with E-state index in [1.165, 1.54) is 0 Å². The van der Waals surface area contributed by atoms with Crippen molar-refractivity contribution < 1.29 is 9.47 Å². The van der Waals surface area contributed by atoms with E-state index in [1.54, 1.807) is 0 Å². The van der Waals surface area contributed by atoms with E-state index < -0.39 is 0 Å². The van der Waals surface area contributed by atoms with Gasteiger partial charge in [-0.25, -0.2) is 0 Å². The Hall–Kier alpha value is -1.26. The number of ether oxygens (including phenoxy) is 2. The Kier molecular flexibility index (Phi) is 8.28. The van der Waals surface area contributed by atoms with Gasteiger partial charge in [0.25, 0.3) is 0 Å². The van der Waals surface area contributed by atoms with Gasteiger partial charge in [0.2, 0.25) is 0 Å². The molecule has 0 amide bonds. The maximum atomic E-state index is 6.03. The van der Waals surface area contributed by atoms with Crippen molar-refractivity contribution in [1.82, 2.24) is 9.80 Å². The highest BCUT2D eigenvalue weighted by molar-refractivity contribution is 5.33. The molecule has 0 aliphatic heterocycles. The number of hydrogen-bond acceptors (Lipinski definition) is 4. The van der Waals surface area contributed by atoms with E-state index in [9.17, 15) is 0 Å². The van der Waals surface area contributed by atoms with Gasteiger partial charge in [0.1, 0.15) is 24.0 Å². The lowest BCUT2D eigenvalue weighted by Crippen LogP contribution is -2.37. The van der Waals surface area contributed by atoms with Gasteiger partial charge in [-0.15, -0.1) is 0 Å². The Balaban J connectivity index is 2.69. The summed E-state index contributed by atoms with van der Waals surface area (Å²) in [6.07, 6.45) is 0.121. The van der Waals surface area contributed by atoms with Gasteiger partial charge in [-0.05, 0) is 52.2 Å². The molecule has 1 rings (SSSR count). The number of nitrogens with zero attached hydrogens (tertiary/aromatic N) is 2. The van der Waals surface area contributed by atoms with Crippen LogP contribution in [0.25, 0.3) is 0 Å². The minimum absolute atomic E-state index is 0.0606. The molecule has 0 spiro atoms. The first-order valence-electron chi connectivity index (χ1n) is 8.47. The van der Waals surface area contributed by atoms with Gasteiger partial charge in [-0.1, -0.05) is 33.8 Å². The monoisotopic (exact) mass is 308 g/mol. The molecule has 0 radical (unpaired) electrons. The lowest BCUT2D eigenvalue weighted by molar-refractivity contribution is 0.0422. The van der Waals surface area contributed by atoms with E-state index in [1.807, 2.05) is 24.3 Å². The van der Waals surface area contributed by atoms with E-state index in [-0.39, 0.29) is 12.5 Å².